The number of imidazole rings is 1. The van der Waals surface area contributed by atoms with Crippen LogP contribution in [-0.4, -0.2) is 22.4 Å². The van der Waals surface area contributed by atoms with Crippen LogP contribution in [0.1, 0.15) is 38.1 Å². The van der Waals surface area contributed by atoms with E-state index in [1.165, 1.54) is 11.1 Å². The van der Waals surface area contributed by atoms with E-state index in [1.807, 2.05) is 18.2 Å². The van der Waals surface area contributed by atoms with Gasteiger partial charge < -0.3 is 9.84 Å². The van der Waals surface area contributed by atoms with E-state index in [-0.39, 0.29) is 6.61 Å². The summed E-state index contributed by atoms with van der Waals surface area (Å²) >= 11 is 0. The number of aromatic nitrogens is 2. The van der Waals surface area contributed by atoms with Crippen LogP contribution in [0.3, 0.4) is 0 Å². The van der Waals surface area contributed by atoms with Gasteiger partial charge in [-0.25, -0.2) is 9.13 Å². The average molecular weight is 353 g/mol. The molecule has 1 N–H and O–H groups in total. The maximum Gasteiger partial charge on any atom is 0.254 e. The highest BCUT2D eigenvalue weighted by atomic mass is 16.5. The number of aliphatic hydroxyl groups is 1. The molecule has 4 nitrogen and oxygen atoms in total. The lowest BCUT2D eigenvalue weighted by Gasteiger charge is -2.12. The van der Waals surface area contributed by atoms with Crippen molar-refractivity contribution >= 4 is 11.0 Å². The van der Waals surface area contributed by atoms with E-state index >= 15 is 0 Å². The Morgan fingerprint density at radius 3 is 2.42 bits per heavy atom. The number of aliphatic hydroxyl groups excluding tert-OH is 1. The Bertz CT molecular complexity index is 866. The lowest BCUT2D eigenvalue weighted by molar-refractivity contribution is -0.685. The van der Waals surface area contributed by atoms with E-state index in [0.29, 0.717) is 12.5 Å². The van der Waals surface area contributed by atoms with Crippen molar-refractivity contribution in [2.75, 3.05) is 6.61 Å². The van der Waals surface area contributed by atoms with Crippen LogP contribution in [0.25, 0.3) is 11.0 Å². The fourth-order valence-electron chi connectivity index (χ4n) is 3.45. The van der Waals surface area contributed by atoms with Crippen LogP contribution < -0.4 is 9.30 Å². The van der Waals surface area contributed by atoms with Gasteiger partial charge in [0.15, 0.2) is 11.0 Å². The molecule has 0 radical (unpaired) electrons. The van der Waals surface area contributed by atoms with Gasteiger partial charge in [-0.3, -0.25) is 0 Å². The van der Waals surface area contributed by atoms with Crippen molar-refractivity contribution in [3.63, 3.8) is 0 Å². The molecule has 138 valence electrons. The first-order valence-corrected chi connectivity index (χ1v) is 9.39. The quantitative estimate of drug-likeness (QED) is 0.656. The molecule has 3 rings (SSSR count). The topological polar surface area (TPSA) is 38.3 Å². The Kier molecular flexibility index (Phi) is 5.62. The van der Waals surface area contributed by atoms with Crippen molar-refractivity contribution in [3.8, 4) is 5.75 Å². The SMILES string of the molecule is CCn1c(C)[n+](C[C@H](O)COc2ccc(C(C)C)cc2)c2ccccc21. The van der Waals surface area contributed by atoms with Gasteiger partial charge in [0.2, 0.25) is 0 Å². The van der Waals surface area contributed by atoms with Crippen LogP contribution >= 0.6 is 0 Å². The predicted octanol–water partition coefficient (Wildman–Crippen LogP) is 3.82. The molecule has 3 aromatic rings. The first-order valence-electron chi connectivity index (χ1n) is 9.39. The minimum Gasteiger partial charge on any atom is -0.491 e. The summed E-state index contributed by atoms with van der Waals surface area (Å²) in [6.07, 6.45) is -0.570. The molecule has 0 saturated carbocycles. The number of fused-ring (bicyclic) bond motifs is 1. The standard InChI is InChI=1S/C22H29N2O2/c1-5-23-17(4)24(22-9-7-6-8-21(22)23)14-19(25)15-26-20-12-10-18(11-13-20)16(2)3/h6-13,16,19,25H,5,14-15H2,1-4H3/q+1/t19-/m0/s1. The van der Waals surface area contributed by atoms with Crippen LogP contribution in [0.4, 0.5) is 0 Å². The molecule has 0 unspecified atom stereocenters. The Labute approximate surface area is 155 Å². The molecule has 26 heavy (non-hydrogen) atoms. The van der Waals surface area contributed by atoms with E-state index in [9.17, 15) is 5.11 Å². The molecule has 0 aliphatic heterocycles. The molecule has 0 amide bonds. The molecular weight excluding hydrogens is 324 g/mol. The van der Waals surface area contributed by atoms with Gasteiger partial charge >= 0.3 is 0 Å². The Balaban J connectivity index is 1.69. The molecule has 0 aliphatic rings. The molecule has 1 atom stereocenters. The van der Waals surface area contributed by atoms with Gasteiger partial charge in [0.25, 0.3) is 5.82 Å². The first kappa shape index (κ1) is 18.5. The van der Waals surface area contributed by atoms with Gasteiger partial charge in [-0.15, -0.1) is 0 Å². The average Bonchev–Trinajstić information content (AvgIpc) is 2.91. The summed E-state index contributed by atoms with van der Waals surface area (Å²) < 4.78 is 10.2. The van der Waals surface area contributed by atoms with Crippen molar-refractivity contribution in [1.82, 2.24) is 4.57 Å². The van der Waals surface area contributed by atoms with Gasteiger partial charge in [0.1, 0.15) is 25.0 Å². The third-order valence-corrected chi connectivity index (χ3v) is 4.94. The summed E-state index contributed by atoms with van der Waals surface area (Å²) in [5.74, 6) is 2.45. The van der Waals surface area contributed by atoms with Gasteiger partial charge in [-0.05, 0) is 42.7 Å². The summed E-state index contributed by atoms with van der Waals surface area (Å²) in [7, 11) is 0. The molecule has 0 saturated heterocycles. The summed E-state index contributed by atoms with van der Waals surface area (Å²) in [5.41, 5.74) is 3.63. The normalized spacial score (nSPS) is 12.7. The van der Waals surface area contributed by atoms with E-state index in [1.54, 1.807) is 0 Å². The molecule has 0 fully saturated rings. The van der Waals surface area contributed by atoms with E-state index < -0.39 is 6.10 Å². The van der Waals surface area contributed by atoms with Crippen molar-refractivity contribution in [3.05, 3.63) is 59.9 Å². The molecule has 2 aromatic carbocycles. The number of aryl methyl sites for hydroxylation is 1. The third-order valence-electron chi connectivity index (χ3n) is 4.94. The summed E-state index contributed by atoms with van der Waals surface area (Å²) in [5, 5.41) is 10.5. The summed E-state index contributed by atoms with van der Waals surface area (Å²) in [4.78, 5) is 0. The highest BCUT2D eigenvalue weighted by Crippen LogP contribution is 2.19. The molecular formula is C22H29N2O2+. The van der Waals surface area contributed by atoms with Crippen LogP contribution in [0.15, 0.2) is 48.5 Å². The number of rotatable bonds is 7. The zero-order chi connectivity index (χ0) is 18.7. The molecule has 1 aromatic heterocycles. The second-order valence-corrected chi connectivity index (χ2v) is 7.08. The zero-order valence-electron chi connectivity index (χ0n) is 16.1. The fourth-order valence-corrected chi connectivity index (χ4v) is 3.45. The summed E-state index contributed by atoms with van der Waals surface area (Å²) in [6, 6.07) is 16.4. The van der Waals surface area contributed by atoms with E-state index in [0.717, 1.165) is 23.6 Å². The monoisotopic (exact) mass is 353 g/mol. The summed E-state index contributed by atoms with van der Waals surface area (Å²) in [6.45, 7) is 10.3. The number of benzene rings is 2. The van der Waals surface area contributed by atoms with E-state index in [2.05, 4.69) is 67.2 Å². The minimum atomic E-state index is -0.570. The van der Waals surface area contributed by atoms with Gasteiger partial charge in [0, 0.05) is 6.92 Å². The fraction of sp³-hybridized carbons (Fsp3) is 0.409. The number of hydrogen-bond acceptors (Lipinski definition) is 2. The van der Waals surface area contributed by atoms with Crippen molar-refractivity contribution in [1.29, 1.82) is 0 Å². The van der Waals surface area contributed by atoms with Crippen LogP contribution in [0, 0.1) is 6.92 Å². The van der Waals surface area contributed by atoms with Gasteiger partial charge in [-0.2, -0.15) is 0 Å². The number of ether oxygens (including phenoxy) is 1. The molecule has 4 heteroatoms. The molecule has 1 heterocycles. The highest BCUT2D eigenvalue weighted by Gasteiger charge is 2.22. The zero-order valence-corrected chi connectivity index (χ0v) is 16.1. The third kappa shape index (κ3) is 3.75. The maximum absolute atomic E-state index is 10.5. The molecule has 0 spiro atoms. The van der Waals surface area contributed by atoms with Crippen molar-refractivity contribution in [2.45, 2.75) is 52.8 Å². The lowest BCUT2D eigenvalue weighted by atomic mass is 10.0. The molecule has 0 aliphatic carbocycles. The lowest BCUT2D eigenvalue weighted by Crippen LogP contribution is -2.44. The number of nitrogens with zero attached hydrogens (tertiary/aromatic N) is 2. The Morgan fingerprint density at radius 1 is 1.08 bits per heavy atom. The van der Waals surface area contributed by atoms with Crippen molar-refractivity contribution in [2.24, 2.45) is 0 Å². The minimum absolute atomic E-state index is 0.277. The highest BCUT2D eigenvalue weighted by molar-refractivity contribution is 5.72. The van der Waals surface area contributed by atoms with Crippen LogP contribution in [-0.2, 0) is 13.1 Å². The van der Waals surface area contributed by atoms with Crippen LogP contribution in [0.5, 0.6) is 5.75 Å². The first-order chi connectivity index (χ1) is 12.5. The largest absolute Gasteiger partial charge is 0.491 e. The van der Waals surface area contributed by atoms with Gasteiger partial charge in [-0.1, -0.05) is 38.1 Å². The number of para-hydroxylation sites is 2. The smallest absolute Gasteiger partial charge is 0.254 e. The Morgan fingerprint density at radius 2 is 1.77 bits per heavy atom. The maximum atomic E-state index is 10.5. The number of hydrogen-bond donors (Lipinski definition) is 1. The van der Waals surface area contributed by atoms with E-state index in [4.69, 9.17) is 4.74 Å². The Hall–Kier alpha value is -2.33. The second kappa shape index (κ2) is 7.92. The van der Waals surface area contributed by atoms with Crippen molar-refractivity contribution < 1.29 is 14.4 Å². The van der Waals surface area contributed by atoms with Crippen LogP contribution in [0.2, 0.25) is 0 Å². The van der Waals surface area contributed by atoms with Gasteiger partial charge in [0.05, 0.1) is 6.54 Å². The predicted molar refractivity (Wildman–Crippen MR) is 105 cm³/mol. The molecule has 0 bridgehead atoms. The second-order valence-electron chi connectivity index (χ2n) is 7.08.